The topological polar surface area (TPSA) is 29.4 Å². The highest BCUT2D eigenvalue weighted by atomic mass is 16.1. The fraction of sp³-hybridized carbons (Fsp3) is 0.333. The van der Waals surface area contributed by atoms with E-state index in [1.165, 1.54) is 0 Å². The van der Waals surface area contributed by atoms with Gasteiger partial charge in [0.1, 0.15) is 0 Å². The number of carbonyl (C=O) groups is 1. The van der Waals surface area contributed by atoms with Crippen molar-refractivity contribution < 1.29 is 4.79 Å². The van der Waals surface area contributed by atoms with Crippen LogP contribution in [0.4, 0.5) is 0 Å². The molecule has 2 heteroatoms. The summed E-state index contributed by atoms with van der Waals surface area (Å²) in [6.45, 7) is 5.93. The van der Waals surface area contributed by atoms with Crippen LogP contribution in [0.3, 0.4) is 0 Å². The minimum Gasteiger partial charge on any atom is -0.267 e. The Kier molecular flexibility index (Phi) is 3.57. The Bertz CT molecular complexity index is 339. The van der Waals surface area contributed by atoms with Crippen molar-refractivity contribution in [2.45, 2.75) is 20.8 Å². The zero-order valence-corrected chi connectivity index (χ0v) is 8.82. The molecule has 0 unspecified atom stereocenters. The molecule has 14 heavy (non-hydrogen) atoms. The number of amides is 1. The minimum absolute atomic E-state index is 0.156. The third-order valence-electron chi connectivity index (χ3n) is 2.13. The molecule has 2 nitrogen and oxygen atoms in total. The third kappa shape index (κ3) is 2.80. The average molecular weight is 189 g/mol. The predicted molar refractivity (Wildman–Crippen MR) is 58.7 cm³/mol. The van der Waals surface area contributed by atoms with Gasteiger partial charge in [-0.3, -0.25) is 4.79 Å². The van der Waals surface area contributed by atoms with Crippen LogP contribution in [0.25, 0.3) is 0 Å². The van der Waals surface area contributed by atoms with E-state index in [0.717, 1.165) is 5.71 Å². The second-order valence-electron chi connectivity index (χ2n) is 3.58. The number of hydrogen-bond acceptors (Lipinski definition) is 1. The summed E-state index contributed by atoms with van der Waals surface area (Å²) in [6.07, 6.45) is 0. The first-order valence-corrected chi connectivity index (χ1v) is 4.76. The predicted octanol–water partition coefficient (Wildman–Crippen LogP) is 2.94. The molecule has 0 spiro atoms. The lowest BCUT2D eigenvalue weighted by Crippen LogP contribution is -2.06. The Balaban J connectivity index is 2.83. The molecule has 74 valence electrons. The Morgan fingerprint density at radius 1 is 1.21 bits per heavy atom. The number of nitrogens with zero attached hydrogens (tertiary/aromatic N) is 1. The number of benzene rings is 1. The Labute approximate surface area is 84.7 Å². The molecule has 0 aliphatic carbocycles. The summed E-state index contributed by atoms with van der Waals surface area (Å²) in [7, 11) is 0. The van der Waals surface area contributed by atoms with Crippen molar-refractivity contribution in [3.8, 4) is 0 Å². The van der Waals surface area contributed by atoms with Gasteiger partial charge in [-0.25, -0.2) is 4.99 Å². The van der Waals surface area contributed by atoms with Crippen LogP contribution in [0.1, 0.15) is 31.1 Å². The van der Waals surface area contributed by atoms with Gasteiger partial charge in [-0.15, -0.1) is 0 Å². The van der Waals surface area contributed by atoms with E-state index in [2.05, 4.69) is 4.99 Å². The first-order valence-electron chi connectivity index (χ1n) is 4.76. The Hall–Kier alpha value is -1.44. The van der Waals surface area contributed by atoms with Gasteiger partial charge < -0.3 is 0 Å². The van der Waals surface area contributed by atoms with Crippen molar-refractivity contribution in [3.63, 3.8) is 0 Å². The van der Waals surface area contributed by atoms with Crippen LogP contribution in [-0.2, 0) is 0 Å². The number of hydrogen-bond donors (Lipinski definition) is 0. The van der Waals surface area contributed by atoms with E-state index < -0.39 is 0 Å². The molecule has 1 aromatic rings. The molecular formula is C12H15NO. The summed E-state index contributed by atoms with van der Waals surface area (Å²) in [5.74, 6) is 0.166. The van der Waals surface area contributed by atoms with Crippen LogP contribution >= 0.6 is 0 Å². The fourth-order valence-electron chi connectivity index (χ4n) is 0.935. The lowest BCUT2D eigenvalue weighted by atomic mass is 10.1. The molecule has 0 heterocycles. The third-order valence-corrected chi connectivity index (χ3v) is 2.13. The Morgan fingerprint density at radius 2 is 1.79 bits per heavy atom. The quantitative estimate of drug-likeness (QED) is 0.658. The molecule has 0 N–H and O–H groups in total. The molecule has 0 saturated heterocycles. The summed E-state index contributed by atoms with van der Waals surface area (Å²) in [5.41, 5.74) is 1.52. The number of carbonyl (C=O) groups excluding carboxylic acids is 1. The van der Waals surface area contributed by atoms with Crippen LogP contribution < -0.4 is 0 Å². The second-order valence-corrected chi connectivity index (χ2v) is 3.58. The van der Waals surface area contributed by atoms with Crippen molar-refractivity contribution >= 4 is 11.6 Å². The van der Waals surface area contributed by atoms with E-state index in [4.69, 9.17) is 0 Å². The fourth-order valence-corrected chi connectivity index (χ4v) is 0.935. The molecule has 0 bridgehead atoms. The maximum absolute atomic E-state index is 11.6. The molecule has 0 radical (unpaired) electrons. The van der Waals surface area contributed by atoms with Crippen molar-refractivity contribution in [3.05, 3.63) is 35.9 Å². The highest BCUT2D eigenvalue weighted by Gasteiger charge is 2.04. The normalized spacial score (nSPS) is 11.9. The van der Waals surface area contributed by atoms with Gasteiger partial charge >= 0.3 is 0 Å². The summed E-state index contributed by atoms with van der Waals surface area (Å²) >= 11 is 0. The highest BCUT2D eigenvalue weighted by molar-refractivity contribution is 6.03. The van der Waals surface area contributed by atoms with Gasteiger partial charge in [0.25, 0.3) is 5.91 Å². The van der Waals surface area contributed by atoms with Gasteiger partial charge in [0.2, 0.25) is 0 Å². The van der Waals surface area contributed by atoms with Crippen LogP contribution in [0.5, 0.6) is 0 Å². The van der Waals surface area contributed by atoms with Crippen LogP contribution in [-0.4, -0.2) is 11.6 Å². The standard InChI is InChI=1S/C12H15NO/c1-9(2)10(3)13-12(14)11-7-5-4-6-8-11/h4-9H,1-3H3. The van der Waals surface area contributed by atoms with E-state index in [1.807, 2.05) is 39.0 Å². The van der Waals surface area contributed by atoms with Gasteiger partial charge in [-0.2, -0.15) is 0 Å². The van der Waals surface area contributed by atoms with Crippen molar-refractivity contribution in [2.75, 3.05) is 0 Å². The van der Waals surface area contributed by atoms with E-state index in [1.54, 1.807) is 12.1 Å². The molecule has 0 fully saturated rings. The van der Waals surface area contributed by atoms with Gasteiger partial charge in [0.15, 0.2) is 0 Å². The molecule has 1 amide bonds. The molecule has 0 aromatic heterocycles. The van der Waals surface area contributed by atoms with Gasteiger partial charge in [-0.1, -0.05) is 32.0 Å². The largest absolute Gasteiger partial charge is 0.276 e. The van der Waals surface area contributed by atoms with E-state index in [9.17, 15) is 4.79 Å². The molecule has 1 aromatic carbocycles. The lowest BCUT2D eigenvalue weighted by molar-refractivity contribution is 0.100. The van der Waals surface area contributed by atoms with E-state index in [-0.39, 0.29) is 5.91 Å². The first kappa shape index (κ1) is 10.6. The van der Waals surface area contributed by atoms with Gasteiger partial charge in [-0.05, 0) is 25.0 Å². The second kappa shape index (κ2) is 4.70. The van der Waals surface area contributed by atoms with Crippen molar-refractivity contribution in [2.24, 2.45) is 10.9 Å². The summed E-state index contributed by atoms with van der Waals surface area (Å²) in [5, 5.41) is 0. The smallest absolute Gasteiger partial charge is 0.267 e. The van der Waals surface area contributed by atoms with Crippen LogP contribution in [0, 0.1) is 5.92 Å². The van der Waals surface area contributed by atoms with Gasteiger partial charge in [0.05, 0.1) is 0 Å². The minimum atomic E-state index is -0.156. The first-order chi connectivity index (χ1) is 6.61. The summed E-state index contributed by atoms with van der Waals surface area (Å²) < 4.78 is 0. The maximum atomic E-state index is 11.6. The molecule has 0 atom stereocenters. The number of rotatable bonds is 2. The Morgan fingerprint density at radius 3 is 2.29 bits per heavy atom. The average Bonchev–Trinajstić information content (AvgIpc) is 2.19. The summed E-state index contributed by atoms with van der Waals surface area (Å²) in [4.78, 5) is 15.6. The SMILES string of the molecule is CC(=NC(=O)c1ccccc1)C(C)C. The zero-order chi connectivity index (χ0) is 10.6. The molecular weight excluding hydrogens is 174 g/mol. The van der Waals surface area contributed by atoms with E-state index in [0.29, 0.717) is 11.5 Å². The number of aliphatic imine (C=N–C) groups is 1. The van der Waals surface area contributed by atoms with Gasteiger partial charge in [0, 0.05) is 11.3 Å². The maximum Gasteiger partial charge on any atom is 0.276 e. The molecule has 1 rings (SSSR count). The molecule has 0 aliphatic heterocycles. The zero-order valence-electron chi connectivity index (χ0n) is 8.82. The van der Waals surface area contributed by atoms with Crippen LogP contribution in [0.15, 0.2) is 35.3 Å². The van der Waals surface area contributed by atoms with Crippen molar-refractivity contribution in [1.29, 1.82) is 0 Å². The van der Waals surface area contributed by atoms with Crippen molar-refractivity contribution in [1.82, 2.24) is 0 Å². The molecule has 0 aliphatic rings. The summed E-state index contributed by atoms with van der Waals surface area (Å²) in [6, 6.07) is 9.12. The van der Waals surface area contributed by atoms with E-state index >= 15 is 0 Å². The lowest BCUT2D eigenvalue weighted by Gasteiger charge is -2.02. The highest BCUT2D eigenvalue weighted by Crippen LogP contribution is 2.03. The molecule has 0 saturated carbocycles. The van der Waals surface area contributed by atoms with Crippen LogP contribution in [0.2, 0.25) is 0 Å². The monoisotopic (exact) mass is 189 g/mol.